The molecule has 0 saturated carbocycles. The first kappa shape index (κ1) is 18.1. The van der Waals surface area contributed by atoms with Crippen LogP contribution in [-0.4, -0.2) is 45.6 Å². The first-order valence-corrected chi connectivity index (χ1v) is 7.85. The van der Waals surface area contributed by atoms with Crippen molar-refractivity contribution in [3.05, 3.63) is 41.3 Å². The number of methoxy groups -OCH3 is 1. The monoisotopic (exact) mass is 365 g/mol. The number of nitrogens with zero attached hydrogens (tertiary/aromatic N) is 3. The maximum Gasteiger partial charge on any atom is 0.152 e. The number of nitrogens with one attached hydrogen (secondary N) is 2. The van der Waals surface area contributed by atoms with Crippen LogP contribution in [0.25, 0.3) is 0 Å². The molecule has 1 saturated heterocycles. The van der Waals surface area contributed by atoms with Crippen molar-refractivity contribution in [1.82, 2.24) is 15.7 Å². The number of aryl methyl sites for hydroxylation is 1. The number of β-amino-alcohol motifs (C(OH)–C–C–N with tert-alkyl or cyclic N) is 1. The minimum Gasteiger partial charge on any atom is -0.506 e. The van der Waals surface area contributed by atoms with Gasteiger partial charge in [-0.05, 0) is 29.9 Å². The smallest absolute Gasteiger partial charge is 0.152 e. The average Bonchev–Trinajstić information content (AvgIpc) is 2.91. The van der Waals surface area contributed by atoms with E-state index < -0.39 is 12.0 Å². The maximum atomic E-state index is 14.4. The van der Waals surface area contributed by atoms with Crippen LogP contribution in [0.4, 0.5) is 15.9 Å². The lowest BCUT2D eigenvalue weighted by atomic mass is 10.1. The van der Waals surface area contributed by atoms with Crippen LogP contribution in [0.3, 0.4) is 0 Å². The van der Waals surface area contributed by atoms with Crippen LogP contribution in [-0.2, 0) is 6.54 Å². The van der Waals surface area contributed by atoms with E-state index in [1.807, 2.05) is 6.92 Å². The predicted molar refractivity (Wildman–Crippen MR) is 91.0 cm³/mol. The molecule has 2 aromatic rings. The lowest BCUT2D eigenvalue weighted by Gasteiger charge is -2.24. The third-order valence-electron chi connectivity index (χ3n) is 3.95. The van der Waals surface area contributed by atoms with Crippen molar-refractivity contribution in [2.24, 2.45) is 0 Å². The van der Waals surface area contributed by atoms with Crippen molar-refractivity contribution >= 4 is 11.5 Å². The number of phenols is 1. The summed E-state index contributed by atoms with van der Waals surface area (Å²) in [7, 11) is 1.56. The first-order chi connectivity index (χ1) is 12.4. The number of hydrazine groups is 2. The number of benzene rings is 1. The Labute approximate surface area is 149 Å². The van der Waals surface area contributed by atoms with E-state index in [0.717, 1.165) is 10.6 Å². The fourth-order valence-corrected chi connectivity index (χ4v) is 2.68. The summed E-state index contributed by atoms with van der Waals surface area (Å²) in [5.41, 5.74) is 3.38. The highest BCUT2D eigenvalue weighted by molar-refractivity contribution is 5.60. The number of ether oxygens (including phenoxy) is 1. The Hall–Kier alpha value is -2.66. The Balaban J connectivity index is 1.76. The summed E-state index contributed by atoms with van der Waals surface area (Å²) < 4.78 is 19.7. The molecule has 10 heteroatoms. The molecule has 140 valence electrons. The number of aliphatic hydroxyl groups is 1. The van der Waals surface area contributed by atoms with Crippen molar-refractivity contribution in [1.29, 1.82) is 0 Å². The largest absolute Gasteiger partial charge is 0.506 e. The molecule has 26 heavy (non-hydrogen) atoms. The standard InChI is InChI=1S/C16H20FN5O4/c1-9-6-18-14(5-13(9)26-2)19-7-10-3-11(17)16(12(23)4-10)21-8-15(24)20-22(21)25/h3-6,15,20,23-25H,7-8H2,1-2H3,(H,18,19). The van der Waals surface area contributed by atoms with Gasteiger partial charge in [0.15, 0.2) is 5.82 Å². The molecule has 2 heterocycles. The van der Waals surface area contributed by atoms with Gasteiger partial charge in [-0.3, -0.25) is 10.2 Å². The number of aromatic hydroxyl groups is 1. The van der Waals surface area contributed by atoms with Gasteiger partial charge in [0.25, 0.3) is 0 Å². The fourth-order valence-electron chi connectivity index (χ4n) is 2.68. The molecule has 9 nitrogen and oxygen atoms in total. The van der Waals surface area contributed by atoms with Gasteiger partial charge in [-0.2, -0.15) is 5.43 Å². The van der Waals surface area contributed by atoms with Gasteiger partial charge < -0.3 is 20.3 Å². The van der Waals surface area contributed by atoms with Gasteiger partial charge in [-0.15, -0.1) is 0 Å². The third kappa shape index (κ3) is 3.63. The van der Waals surface area contributed by atoms with E-state index in [4.69, 9.17) is 4.74 Å². The van der Waals surface area contributed by atoms with Crippen LogP contribution in [0.15, 0.2) is 24.4 Å². The van der Waals surface area contributed by atoms with E-state index in [9.17, 15) is 19.8 Å². The van der Waals surface area contributed by atoms with Crippen LogP contribution in [0.1, 0.15) is 11.1 Å². The predicted octanol–water partition coefficient (Wildman–Crippen LogP) is 1.10. The highest BCUT2D eigenvalue weighted by Crippen LogP contribution is 2.33. The van der Waals surface area contributed by atoms with E-state index in [1.54, 1.807) is 19.4 Å². The summed E-state index contributed by atoms with van der Waals surface area (Å²) in [4.78, 5) is 4.21. The number of hydrogen-bond donors (Lipinski definition) is 5. The van der Waals surface area contributed by atoms with Gasteiger partial charge in [0.05, 0.1) is 13.7 Å². The molecular formula is C16H20FN5O4. The van der Waals surface area contributed by atoms with E-state index in [1.165, 1.54) is 12.1 Å². The molecule has 1 aromatic heterocycles. The van der Waals surface area contributed by atoms with E-state index in [2.05, 4.69) is 15.7 Å². The fraction of sp³-hybridized carbons (Fsp3) is 0.312. The van der Waals surface area contributed by atoms with Gasteiger partial charge in [-0.1, -0.05) is 0 Å². The lowest BCUT2D eigenvalue weighted by molar-refractivity contribution is -0.139. The number of pyridine rings is 1. The normalized spacial score (nSPS) is 17.6. The molecule has 1 aliphatic heterocycles. The third-order valence-corrected chi connectivity index (χ3v) is 3.95. The molecular weight excluding hydrogens is 345 g/mol. The molecule has 1 aliphatic rings. The molecule has 1 aromatic carbocycles. The number of phenolic OH excluding ortho intramolecular Hbond substituents is 1. The summed E-state index contributed by atoms with van der Waals surface area (Å²) in [6, 6.07) is 4.32. The van der Waals surface area contributed by atoms with E-state index in [0.29, 0.717) is 22.4 Å². The van der Waals surface area contributed by atoms with Crippen LogP contribution in [0.2, 0.25) is 0 Å². The SMILES string of the molecule is COc1cc(NCc2cc(O)c(N3CC(O)NN3O)c(F)c2)ncc1C. The Morgan fingerprint density at radius 3 is 2.81 bits per heavy atom. The zero-order valence-corrected chi connectivity index (χ0v) is 14.3. The number of aliphatic hydroxyl groups excluding tert-OH is 1. The second-order valence-electron chi connectivity index (χ2n) is 5.85. The minimum atomic E-state index is -1.08. The second kappa shape index (κ2) is 7.30. The van der Waals surface area contributed by atoms with E-state index in [-0.39, 0.29) is 24.5 Å². The Bertz CT molecular complexity index is 783. The lowest BCUT2D eigenvalue weighted by Crippen LogP contribution is -2.40. The highest BCUT2D eigenvalue weighted by Gasteiger charge is 2.31. The zero-order valence-electron chi connectivity index (χ0n) is 14.3. The number of aromatic nitrogens is 1. The molecule has 0 aliphatic carbocycles. The maximum absolute atomic E-state index is 14.4. The van der Waals surface area contributed by atoms with Gasteiger partial charge in [-0.25, -0.2) is 9.37 Å². The number of anilines is 2. The second-order valence-corrected chi connectivity index (χ2v) is 5.85. The Morgan fingerprint density at radius 1 is 1.42 bits per heavy atom. The van der Waals surface area contributed by atoms with Crippen LogP contribution >= 0.6 is 0 Å². The van der Waals surface area contributed by atoms with Crippen LogP contribution in [0, 0.1) is 12.7 Å². The molecule has 5 N–H and O–H groups in total. The number of rotatable bonds is 5. The first-order valence-electron chi connectivity index (χ1n) is 7.85. The quantitative estimate of drug-likeness (QED) is 0.532. The van der Waals surface area contributed by atoms with Gasteiger partial charge in [0.2, 0.25) is 0 Å². The highest BCUT2D eigenvalue weighted by atomic mass is 19.1. The van der Waals surface area contributed by atoms with Crippen molar-refractivity contribution in [3.8, 4) is 11.5 Å². The summed E-state index contributed by atoms with van der Waals surface area (Å²) >= 11 is 0. The van der Waals surface area contributed by atoms with Gasteiger partial charge in [0.1, 0.15) is 29.2 Å². The van der Waals surface area contributed by atoms with Crippen molar-refractivity contribution in [2.75, 3.05) is 24.0 Å². The van der Waals surface area contributed by atoms with Crippen LogP contribution < -0.4 is 20.5 Å². The molecule has 1 unspecified atom stereocenters. The summed E-state index contributed by atoms with van der Waals surface area (Å²) in [6.45, 7) is 1.97. The summed E-state index contributed by atoms with van der Waals surface area (Å²) in [5.74, 6) is 0.109. The molecule has 1 fully saturated rings. The molecule has 3 rings (SSSR count). The summed E-state index contributed by atoms with van der Waals surface area (Å²) in [5, 5.41) is 33.7. The average molecular weight is 365 g/mol. The van der Waals surface area contributed by atoms with Crippen molar-refractivity contribution < 1.29 is 24.5 Å². The minimum absolute atomic E-state index is 0.119. The summed E-state index contributed by atoms with van der Waals surface area (Å²) in [6.07, 6.45) is 0.576. The topological polar surface area (TPSA) is 113 Å². The van der Waals surface area contributed by atoms with E-state index >= 15 is 0 Å². The van der Waals surface area contributed by atoms with Gasteiger partial charge >= 0.3 is 0 Å². The Kier molecular flexibility index (Phi) is 5.09. The molecule has 0 bridgehead atoms. The van der Waals surface area contributed by atoms with Crippen molar-refractivity contribution in [2.45, 2.75) is 19.7 Å². The molecule has 1 atom stereocenters. The van der Waals surface area contributed by atoms with Crippen LogP contribution in [0.5, 0.6) is 11.5 Å². The zero-order chi connectivity index (χ0) is 18.8. The molecule has 0 amide bonds. The van der Waals surface area contributed by atoms with Gasteiger partial charge in [0, 0.05) is 24.4 Å². The number of hydrogen-bond acceptors (Lipinski definition) is 9. The molecule has 0 spiro atoms. The molecule has 0 radical (unpaired) electrons. The van der Waals surface area contributed by atoms with Crippen molar-refractivity contribution in [3.63, 3.8) is 0 Å². The Morgan fingerprint density at radius 2 is 2.19 bits per heavy atom. The number of halogens is 1.